The molecule has 0 amide bonds. The van der Waals surface area contributed by atoms with E-state index in [1.54, 1.807) is 34.0 Å². The molecule has 0 aromatic heterocycles. The van der Waals surface area contributed by atoms with Crippen LogP contribution in [0.2, 0.25) is 0 Å². The van der Waals surface area contributed by atoms with E-state index in [0.29, 0.717) is 44.1 Å². The zero-order valence-electron chi connectivity index (χ0n) is 38.8. The van der Waals surface area contributed by atoms with Crippen molar-refractivity contribution in [2.45, 2.75) is 219 Å². The van der Waals surface area contributed by atoms with Crippen LogP contribution < -0.4 is 0 Å². The molecule has 3 saturated carbocycles. The molecule has 0 spiro atoms. The predicted octanol–water partition coefficient (Wildman–Crippen LogP) is 5.82. The standard InChI is InChI=1S/C47H74O14.CH4.B.H2/c1-12-23(2)43(51)59-35-21-33-32(47(52)18-16-31(25(4)48)46(35,47)9)14-13-29-20-30(15-17-45(29,33)8)58-37-22-34(53-10)41(28(7)56-37)60-36-19-24(3)40(27(6)55-36)61-44-39(50)42(54-11)38(49)26(5)57-44;;;/h12-13,24,26-28,30-42,44,49-50,52H,14-22H2,1-11H3;1H4;;1H/b23-12+;;;/t24?,26?,27?,28?,30-,31+,32?,33?,34?,35+,36?,37?,38?,39?,40?,41?,42?,44?,45-,46-,47-;;;/m0.../s1/i;;;1+1. The molecule has 21 atom stereocenters. The Bertz CT molecular complexity index is 1650. The van der Waals surface area contributed by atoms with Crippen molar-refractivity contribution in [2.75, 3.05) is 14.2 Å². The number of carbonyl (C=O) groups is 2. The van der Waals surface area contributed by atoms with Gasteiger partial charge in [-0.2, -0.15) is 0 Å². The first-order valence-corrected chi connectivity index (χ1v) is 22.9. The van der Waals surface area contributed by atoms with E-state index in [4.69, 9.17) is 42.6 Å². The molecule has 7 aliphatic rings. The maximum Gasteiger partial charge on any atom is 0.333 e. The Morgan fingerprint density at radius 1 is 0.825 bits per heavy atom. The summed E-state index contributed by atoms with van der Waals surface area (Å²) in [6, 6.07) is 0. The number of rotatable bonds is 11. The lowest BCUT2D eigenvalue weighted by atomic mass is 9.45. The van der Waals surface area contributed by atoms with Crippen LogP contribution in [0.1, 0.15) is 129 Å². The zero-order chi connectivity index (χ0) is 44.3. The van der Waals surface area contributed by atoms with Crippen molar-refractivity contribution < 1.29 is 69.0 Å². The molecule has 6 fully saturated rings. The molecule has 0 bridgehead atoms. The minimum Gasteiger partial charge on any atom is -0.458 e. The SMILES string of the molecule is C.C/C=C(\C)C(=O)O[C@@H]1CC2C(CC=C3C[C@@H](OC4CC(OC)C(OC5CC(C)C(OC6OC(C)C(O)C(OC)C6O)C(C)O5)C(C)O4)CC[C@@]32C)[C@@]2(O)CC[C@H](C(C)=O)[C@@]12C.[2HH].[B]. The fraction of sp³-hybridized carbons (Fsp3) is 0.875. The monoisotopic (exact) mass is 893 g/mol. The van der Waals surface area contributed by atoms with Gasteiger partial charge < -0.3 is 58.0 Å². The number of ketones is 1. The number of aliphatic hydroxyl groups excluding tert-OH is 2. The van der Waals surface area contributed by atoms with E-state index in [9.17, 15) is 24.9 Å². The second kappa shape index (κ2) is 20.2. The molecule has 15 unspecified atom stereocenters. The molecule has 3 saturated heterocycles. The number of aliphatic hydroxyl groups is 3. The summed E-state index contributed by atoms with van der Waals surface area (Å²) in [5.74, 6) is -0.702. The fourth-order valence-corrected chi connectivity index (χ4v) is 12.9. The summed E-state index contributed by atoms with van der Waals surface area (Å²) in [5, 5.41) is 34.0. The largest absolute Gasteiger partial charge is 0.458 e. The average Bonchev–Trinajstić information content (AvgIpc) is 3.51. The highest BCUT2D eigenvalue weighted by molar-refractivity contribution is 5.88. The van der Waals surface area contributed by atoms with Crippen LogP contribution in [0.25, 0.3) is 0 Å². The third kappa shape index (κ3) is 9.30. The van der Waals surface area contributed by atoms with Gasteiger partial charge in [0.2, 0.25) is 0 Å². The van der Waals surface area contributed by atoms with E-state index in [-0.39, 0.29) is 82.5 Å². The van der Waals surface area contributed by atoms with Gasteiger partial charge in [-0.1, -0.05) is 45.9 Å². The highest BCUT2D eigenvalue weighted by Crippen LogP contribution is 2.68. The first kappa shape index (κ1) is 52.2. The quantitative estimate of drug-likeness (QED) is 0.0979. The van der Waals surface area contributed by atoms with Gasteiger partial charge in [0.15, 0.2) is 18.9 Å². The van der Waals surface area contributed by atoms with E-state index in [0.717, 1.165) is 19.3 Å². The number of carbonyl (C=O) groups excluding carboxylic acids is 2. The molecular weight excluding hydrogens is 811 g/mol. The lowest BCUT2D eigenvalue weighted by Gasteiger charge is -2.63. The number of hydrogen-bond donors (Lipinski definition) is 3. The molecule has 63 heavy (non-hydrogen) atoms. The van der Waals surface area contributed by atoms with Crippen molar-refractivity contribution in [2.24, 2.45) is 34.5 Å². The number of Topliss-reactive ketones (excluding diaryl/α,β-unsaturated/α-hetero) is 1. The van der Waals surface area contributed by atoms with Crippen LogP contribution in [0.4, 0.5) is 0 Å². The molecule has 3 radical (unpaired) electrons. The van der Waals surface area contributed by atoms with Crippen molar-refractivity contribution in [3.05, 3.63) is 23.3 Å². The Morgan fingerprint density at radius 3 is 2.11 bits per heavy atom. The summed E-state index contributed by atoms with van der Waals surface area (Å²) in [6.45, 7) is 17.1. The highest BCUT2D eigenvalue weighted by Gasteiger charge is 2.71. The van der Waals surface area contributed by atoms with Crippen LogP contribution in [0.3, 0.4) is 0 Å². The molecule has 0 aromatic carbocycles. The summed E-state index contributed by atoms with van der Waals surface area (Å²) in [5.41, 5.74) is -0.399. The van der Waals surface area contributed by atoms with Crippen molar-refractivity contribution >= 4 is 20.2 Å². The van der Waals surface area contributed by atoms with E-state index in [1.807, 2.05) is 27.7 Å². The molecule has 4 aliphatic carbocycles. The van der Waals surface area contributed by atoms with Crippen molar-refractivity contribution in [3.8, 4) is 0 Å². The number of methoxy groups -OCH3 is 2. The summed E-state index contributed by atoms with van der Waals surface area (Å²) >= 11 is 0. The molecule has 3 N–H and O–H groups in total. The normalized spacial score (nSPS) is 48.6. The Labute approximate surface area is 379 Å². The van der Waals surface area contributed by atoms with Crippen molar-refractivity contribution in [3.63, 3.8) is 0 Å². The Hall–Kier alpha value is -1.76. The highest BCUT2D eigenvalue weighted by atomic mass is 16.7. The lowest BCUT2D eigenvalue weighted by Crippen LogP contribution is -2.66. The number of ether oxygens (including phenoxy) is 9. The van der Waals surface area contributed by atoms with E-state index in [2.05, 4.69) is 19.9 Å². The maximum absolute atomic E-state index is 13.3. The van der Waals surface area contributed by atoms with Crippen LogP contribution in [0.5, 0.6) is 0 Å². The van der Waals surface area contributed by atoms with Crippen LogP contribution in [-0.4, -0.2) is 141 Å². The van der Waals surface area contributed by atoms with Crippen LogP contribution in [0, 0.1) is 34.5 Å². The first-order chi connectivity index (χ1) is 28.8. The second-order valence-corrected chi connectivity index (χ2v) is 20.0. The Balaban J connectivity index is 0.00000299. The maximum atomic E-state index is 13.3. The molecule has 15 heteroatoms. The minimum atomic E-state index is -1.16. The molecule has 0 aromatic rings. The lowest BCUT2D eigenvalue weighted by molar-refractivity contribution is -0.345. The van der Waals surface area contributed by atoms with Gasteiger partial charge in [-0.3, -0.25) is 4.79 Å². The van der Waals surface area contributed by atoms with Gasteiger partial charge in [-0.05, 0) is 110 Å². The van der Waals surface area contributed by atoms with Crippen LogP contribution in [-0.2, 0) is 52.2 Å². The van der Waals surface area contributed by atoms with Gasteiger partial charge >= 0.3 is 5.97 Å². The van der Waals surface area contributed by atoms with Crippen molar-refractivity contribution in [1.29, 1.82) is 0 Å². The van der Waals surface area contributed by atoms with Gasteiger partial charge in [-0.15, -0.1) is 0 Å². The van der Waals surface area contributed by atoms with Crippen molar-refractivity contribution in [1.82, 2.24) is 0 Å². The Kier molecular flexibility index (Phi) is 16.8. The zero-order valence-corrected chi connectivity index (χ0v) is 38.8. The summed E-state index contributed by atoms with van der Waals surface area (Å²) < 4.78 is 56.0. The van der Waals surface area contributed by atoms with Gasteiger partial charge in [0.05, 0.1) is 42.2 Å². The number of allylic oxidation sites excluding steroid dienone is 2. The minimum absolute atomic E-state index is 0. The van der Waals surface area contributed by atoms with Gasteiger partial charge in [0.25, 0.3) is 0 Å². The topological polar surface area (TPSA) is 178 Å². The van der Waals surface area contributed by atoms with Crippen LogP contribution >= 0.6 is 0 Å². The molecule has 3 heterocycles. The summed E-state index contributed by atoms with van der Waals surface area (Å²) in [6.07, 6.45) is 1.82. The summed E-state index contributed by atoms with van der Waals surface area (Å²) in [7, 11) is 3.12. The molecule has 359 valence electrons. The van der Waals surface area contributed by atoms with E-state index < -0.39 is 72.6 Å². The summed E-state index contributed by atoms with van der Waals surface area (Å²) in [4.78, 5) is 26.4. The van der Waals surface area contributed by atoms with E-state index >= 15 is 0 Å². The number of hydrogen-bond acceptors (Lipinski definition) is 14. The molecule has 3 aliphatic heterocycles. The van der Waals surface area contributed by atoms with Gasteiger partial charge in [0.1, 0.15) is 36.3 Å². The fourth-order valence-electron chi connectivity index (χ4n) is 12.9. The van der Waals surface area contributed by atoms with Crippen LogP contribution in [0.15, 0.2) is 23.3 Å². The third-order valence-electron chi connectivity index (χ3n) is 16.7. The number of fused-ring (bicyclic) bond motifs is 5. The first-order valence-electron chi connectivity index (χ1n) is 22.9. The second-order valence-electron chi connectivity index (χ2n) is 20.0. The predicted molar refractivity (Wildman–Crippen MR) is 236 cm³/mol. The van der Waals surface area contributed by atoms with Gasteiger partial charge in [0, 0.05) is 53.8 Å². The van der Waals surface area contributed by atoms with E-state index in [1.165, 1.54) is 12.7 Å². The average molecular weight is 893 g/mol. The molecule has 7 rings (SSSR count). The molecular formula is C48H80BO14. The number of esters is 1. The third-order valence-corrected chi connectivity index (χ3v) is 16.7. The van der Waals surface area contributed by atoms with Gasteiger partial charge in [-0.25, -0.2) is 4.79 Å². The Morgan fingerprint density at radius 2 is 1.49 bits per heavy atom. The smallest absolute Gasteiger partial charge is 0.333 e. The molecule has 14 nitrogen and oxygen atoms in total.